The summed E-state index contributed by atoms with van der Waals surface area (Å²) in [7, 11) is 0. The smallest absolute Gasteiger partial charge is 0.133 e. The van der Waals surface area contributed by atoms with Crippen molar-refractivity contribution < 1.29 is 14.9 Å². The van der Waals surface area contributed by atoms with E-state index in [0.29, 0.717) is 0 Å². The van der Waals surface area contributed by atoms with Crippen LogP contribution in [0.4, 0.5) is 0 Å². The van der Waals surface area contributed by atoms with Crippen molar-refractivity contribution in [1.29, 1.82) is 0 Å². The molecule has 2 N–H and O–H groups in total. The number of hydrogen-bond donors (Lipinski definition) is 2. The molecular formula is C22H27NO3S. The summed E-state index contributed by atoms with van der Waals surface area (Å²) >= 11 is 1.74. The second kappa shape index (κ2) is 8.44. The fourth-order valence-corrected chi connectivity index (χ4v) is 5.31. The quantitative estimate of drug-likeness (QED) is 0.762. The topological polar surface area (TPSA) is 52.9 Å². The fourth-order valence-electron chi connectivity index (χ4n) is 3.98. The van der Waals surface area contributed by atoms with Crippen LogP contribution in [0.1, 0.15) is 42.9 Å². The number of ether oxygens (including phenoxy) is 1. The van der Waals surface area contributed by atoms with Gasteiger partial charge in [0.25, 0.3) is 0 Å². The van der Waals surface area contributed by atoms with Crippen LogP contribution < -0.4 is 4.74 Å². The zero-order valence-corrected chi connectivity index (χ0v) is 16.3. The lowest BCUT2D eigenvalue weighted by molar-refractivity contribution is 0.159. The van der Waals surface area contributed by atoms with Crippen LogP contribution >= 0.6 is 11.8 Å². The monoisotopic (exact) mass is 385 g/mol. The molecule has 0 aliphatic carbocycles. The van der Waals surface area contributed by atoms with Crippen molar-refractivity contribution in [2.75, 3.05) is 19.6 Å². The molecule has 0 bridgehead atoms. The molecule has 1 saturated heterocycles. The van der Waals surface area contributed by atoms with E-state index in [9.17, 15) is 10.2 Å². The van der Waals surface area contributed by atoms with Gasteiger partial charge in [-0.05, 0) is 81.2 Å². The maximum absolute atomic E-state index is 9.83. The SMILES string of the molecule is Oc1ccc(C2Sc3cc(O)ccc3OC2CCCN2CCCCC2)cc1. The van der Waals surface area contributed by atoms with Crippen LogP contribution in [0.15, 0.2) is 47.4 Å². The molecule has 0 aromatic heterocycles. The summed E-state index contributed by atoms with van der Waals surface area (Å²) in [5, 5.41) is 19.6. The number of phenols is 2. The summed E-state index contributed by atoms with van der Waals surface area (Å²) < 4.78 is 6.36. The molecule has 0 spiro atoms. The van der Waals surface area contributed by atoms with Crippen molar-refractivity contribution >= 4 is 11.8 Å². The Morgan fingerprint density at radius 1 is 0.963 bits per heavy atom. The van der Waals surface area contributed by atoms with E-state index in [4.69, 9.17) is 4.74 Å². The first-order valence-electron chi connectivity index (χ1n) is 9.87. The van der Waals surface area contributed by atoms with Crippen molar-refractivity contribution in [2.24, 2.45) is 0 Å². The third-order valence-electron chi connectivity index (χ3n) is 5.43. The predicted octanol–water partition coefficient (Wildman–Crippen LogP) is 4.96. The Kier molecular flexibility index (Phi) is 5.79. The van der Waals surface area contributed by atoms with Gasteiger partial charge in [0.15, 0.2) is 0 Å². The Morgan fingerprint density at radius 3 is 2.48 bits per heavy atom. The van der Waals surface area contributed by atoms with Crippen molar-refractivity contribution in [1.82, 2.24) is 4.90 Å². The molecule has 2 heterocycles. The molecular weight excluding hydrogens is 358 g/mol. The highest BCUT2D eigenvalue weighted by Crippen LogP contribution is 2.49. The summed E-state index contributed by atoms with van der Waals surface area (Å²) in [6.07, 6.45) is 6.21. The first-order valence-corrected chi connectivity index (χ1v) is 10.7. The van der Waals surface area contributed by atoms with Gasteiger partial charge in [-0.3, -0.25) is 0 Å². The molecule has 5 heteroatoms. The number of aromatic hydroxyl groups is 2. The maximum Gasteiger partial charge on any atom is 0.133 e. The van der Waals surface area contributed by atoms with Crippen LogP contribution in [0, 0.1) is 0 Å². The Morgan fingerprint density at radius 2 is 1.70 bits per heavy atom. The third kappa shape index (κ3) is 4.53. The van der Waals surface area contributed by atoms with Crippen LogP contribution in [-0.2, 0) is 0 Å². The molecule has 2 aliphatic rings. The van der Waals surface area contributed by atoms with E-state index >= 15 is 0 Å². The van der Waals surface area contributed by atoms with Crippen LogP contribution in [0.2, 0.25) is 0 Å². The fraction of sp³-hybridized carbons (Fsp3) is 0.455. The van der Waals surface area contributed by atoms with Gasteiger partial charge >= 0.3 is 0 Å². The third-order valence-corrected chi connectivity index (χ3v) is 6.83. The highest BCUT2D eigenvalue weighted by atomic mass is 32.2. The Balaban J connectivity index is 1.48. The summed E-state index contributed by atoms with van der Waals surface area (Å²) in [6.45, 7) is 3.59. The number of nitrogens with zero attached hydrogens (tertiary/aromatic N) is 1. The minimum Gasteiger partial charge on any atom is -0.508 e. The lowest BCUT2D eigenvalue weighted by atomic mass is 10.0. The average Bonchev–Trinajstić information content (AvgIpc) is 2.69. The van der Waals surface area contributed by atoms with Crippen molar-refractivity contribution in [3.05, 3.63) is 48.0 Å². The molecule has 1 fully saturated rings. The van der Waals surface area contributed by atoms with E-state index in [0.717, 1.165) is 35.6 Å². The molecule has 2 aromatic carbocycles. The number of thioether (sulfide) groups is 1. The van der Waals surface area contributed by atoms with Gasteiger partial charge in [-0.25, -0.2) is 0 Å². The second-order valence-corrected chi connectivity index (χ2v) is 8.65. The van der Waals surface area contributed by atoms with Gasteiger partial charge in [-0.2, -0.15) is 0 Å². The van der Waals surface area contributed by atoms with Crippen LogP contribution in [-0.4, -0.2) is 40.9 Å². The molecule has 4 nitrogen and oxygen atoms in total. The van der Waals surface area contributed by atoms with E-state index in [1.807, 2.05) is 18.2 Å². The average molecular weight is 386 g/mol. The number of fused-ring (bicyclic) bond motifs is 1. The van der Waals surface area contributed by atoms with E-state index in [2.05, 4.69) is 4.90 Å². The molecule has 2 aromatic rings. The molecule has 2 aliphatic heterocycles. The van der Waals surface area contributed by atoms with E-state index in [1.165, 1.54) is 32.4 Å². The summed E-state index contributed by atoms with van der Waals surface area (Å²) in [5.41, 5.74) is 1.15. The number of hydrogen-bond acceptors (Lipinski definition) is 5. The minimum atomic E-state index is 0.0846. The zero-order valence-electron chi connectivity index (χ0n) is 15.5. The van der Waals surface area contributed by atoms with Gasteiger partial charge in [0.05, 0.1) is 10.1 Å². The Hall–Kier alpha value is -1.85. The normalized spacial score (nSPS) is 22.8. The van der Waals surface area contributed by atoms with Gasteiger partial charge in [-0.1, -0.05) is 18.6 Å². The van der Waals surface area contributed by atoms with Crippen molar-refractivity contribution in [3.8, 4) is 17.2 Å². The number of rotatable bonds is 5. The molecule has 0 saturated carbocycles. The first kappa shape index (κ1) is 18.5. The van der Waals surface area contributed by atoms with Crippen LogP contribution in [0.25, 0.3) is 0 Å². The van der Waals surface area contributed by atoms with Gasteiger partial charge in [0, 0.05) is 0 Å². The van der Waals surface area contributed by atoms with Crippen molar-refractivity contribution in [3.63, 3.8) is 0 Å². The van der Waals surface area contributed by atoms with Gasteiger partial charge < -0.3 is 19.8 Å². The number of phenolic OH excluding ortho intramolecular Hbond substituents is 2. The largest absolute Gasteiger partial charge is 0.508 e. The number of benzene rings is 2. The maximum atomic E-state index is 9.83. The number of piperidine rings is 1. The molecule has 0 amide bonds. The predicted molar refractivity (Wildman–Crippen MR) is 109 cm³/mol. The second-order valence-electron chi connectivity index (χ2n) is 7.46. The Labute approximate surface area is 165 Å². The first-order chi connectivity index (χ1) is 13.2. The van der Waals surface area contributed by atoms with E-state index in [1.54, 1.807) is 36.0 Å². The summed E-state index contributed by atoms with van der Waals surface area (Å²) in [6, 6.07) is 12.7. The standard InChI is InChI=1S/C22H27NO3S/c24-17-8-6-16(7-9-17)22-20(5-4-14-23-12-2-1-3-13-23)26-19-11-10-18(25)15-21(19)27-22/h6-11,15,20,22,24-25H,1-5,12-14H2. The minimum absolute atomic E-state index is 0.0846. The molecule has 2 atom stereocenters. The summed E-state index contributed by atoms with van der Waals surface area (Å²) in [4.78, 5) is 3.54. The summed E-state index contributed by atoms with van der Waals surface area (Å²) in [5.74, 6) is 1.40. The highest BCUT2D eigenvalue weighted by molar-refractivity contribution is 7.99. The molecule has 144 valence electrons. The van der Waals surface area contributed by atoms with E-state index < -0.39 is 0 Å². The highest BCUT2D eigenvalue weighted by Gasteiger charge is 2.32. The molecule has 27 heavy (non-hydrogen) atoms. The Bertz CT molecular complexity index is 759. The van der Waals surface area contributed by atoms with Gasteiger partial charge in [0.1, 0.15) is 23.4 Å². The van der Waals surface area contributed by atoms with E-state index in [-0.39, 0.29) is 22.9 Å². The van der Waals surface area contributed by atoms with Crippen LogP contribution in [0.5, 0.6) is 17.2 Å². The van der Waals surface area contributed by atoms with Crippen LogP contribution in [0.3, 0.4) is 0 Å². The lowest BCUT2D eigenvalue weighted by Gasteiger charge is -2.34. The van der Waals surface area contributed by atoms with Gasteiger partial charge in [-0.15, -0.1) is 11.8 Å². The lowest BCUT2D eigenvalue weighted by Crippen LogP contribution is -2.32. The zero-order chi connectivity index (χ0) is 18.6. The van der Waals surface area contributed by atoms with Crippen molar-refractivity contribution in [2.45, 2.75) is 48.4 Å². The van der Waals surface area contributed by atoms with Gasteiger partial charge in [0.2, 0.25) is 0 Å². The number of likely N-dealkylation sites (tertiary alicyclic amines) is 1. The molecule has 0 radical (unpaired) electrons. The molecule has 2 unspecified atom stereocenters. The molecule has 4 rings (SSSR count).